The van der Waals surface area contributed by atoms with Gasteiger partial charge in [0.25, 0.3) is 5.91 Å². The standard InChI is InChI=1S/C22H22FN3O3/c1-15-19(21(27)25-11-13-29-14-12-25)20(16-7-9-17(23)10-8-16)24-22(28)26(15)18-5-3-2-4-6-18/h2-10,20H,11-14H2,1H3,(H,24,28). The van der Waals surface area contributed by atoms with Gasteiger partial charge in [0.1, 0.15) is 5.82 Å². The van der Waals surface area contributed by atoms with Crippen LogP contribution in [0.2, 0.25) is 0 Å². The molecule has 1 saturated heterocycles. The van der Waals surface area contributed by atoms with E-state index in [2.05, 4.69) is 5.32 Å². The number of hydrogen-bond donors (Lipinski definition) is 1. The summed E-state index contributed by atoms with van der Waals surface area (Å²) in [6.45, 7) is 3.72. The molecule has 0 saturated carbocycles. The number of urea groups is 1. The largest absolute Gasteiger partial charge is 0.378 e. The molecule has 7 heteroatoms. The first-order valence-corrected chi connectivity index (χ1v) is 9.55. The van der Waals surface area contributed by atoms with Gasteiger partial charge in [0.2, 0.25) is 0 Å². The van der Waals surface area contributed by atoms with E-state index >= 15 is 0 Å². The minimum absolute atomic E-state index is 0.152. The normalized spacial score (nSPS) is 19.9. The number of allylic oxidation sites excluding steroid dienone is 1. The second kappa shape index (κ2) is 8.05. The van der Waals surface area contributed by atoms with Crippen LogP contribution in [0.3, 0.4) is 0 Å². The molecular formula is C22H22FN3O3. The van der Waals surface area contributed by atoms with Crippen molar-refractivity contribution in [1.82, 2.24) is 10.2 Å². The van der Waals surface area contributed by atoms with Crippen molar-refractivity contribution in [3.8, 4) is 0 Å². The number of amides is 3. The molecule has 29 heavy (non-hydrogen) atoms. The SMILES string of the molecule is CC1=C(C(=O)N2CCOCC2)C(c2ccc(F)cc2)NC(=O)N1c1ccccc1. The number of benzene rings is 2. The molecule has 1 N–H and O–H groups in total. The molecule has 2 heterocycles. The van der Waals surface area contributed by atoms with Gasteiger partial charge in [-0.1, -0.05) is 30.3 Å². The van der Waals surface area contributed by atoms with Crippen molar-refractivity contribution in [2.24, 2.45) is 0 Å². The average Bonchev–Trinajstić information content (AvgIpc) is 2.75. The number of para-hydroxylation sites is 1. The van der Waals surface area contributed by atoms with E-state index in [9.17, 15) is 14.0 Å². The smallest absolute Gasteiger partial charge is 0.326 e. The molecular weight excluding hydrogens is 373 g/mol. The third kappa shape index (κ3) is 3.73. The Bertz CT molecular complexity index is 938. The Morgan fingerprint density at radius 3 is 2.38 bits per heavy atom. The zero-order valence-corrected chi connectivity index (χ0v) is 16.1. The molecule has 150 valence electrons. The molecule has 0 spiro atoms. The summed E-state index contributed by atoms with van der Waals surface area (Å²) in [6.07, 6.45) is 0. The highest BCUT2D eigenvalue weighted by molar-refractivity contribution is 6.04. The maximum Gasteiger partial charge on any atom is 0.326 e. The molecule has 1 atom stereocenters. The zero-order valence-electron chi connectivity index (χ0n) is 16.1. The van der Waals surface area contributed by atoms with Crippen LogP contribution in [0.5, 0.6) is 0 Å². The number of halogens is 1. The molecule has 4 rings (SSSR count). The highest BCUT2D eigenvalue weighted by Gasteiger charge is 2.38. The van der Waals surface area contributed by atoms with Gasteiger partial charge >= 0.3 is 6.03 Å². The predicted molar refractivity (Wildman–Crippen MR) is 107 cm³/mol. The van der Waals surface area contributed by atoms with Gasteiger partial charge in [0.15, 0.2) is 0 Å². The number of ether oxygens (including phenoxy) is 1. The second-order valence-corrected chi connectivity index (χ2v) is 7.01. The highest BCUT2D eigenvalue weighted by atomic mass is 19.1. The second-order valence-electron chi connectivity index (χ2n) is 7.01. The minimum atomic E-state index is -0.654. The Hall–Kier alpha value is -3.19. The van der Waals surface area contributed by atoms with Crippen LogP contribution in [0.25, 0.3) is 0 Å². The molecule has 3 amide bonds. The number of carbonyl (C=O) groups is 2. The maximum atomic E-state index is 13.5. The Morgan fingerprint density at radius 2 is 1.72 bits per heavy atom. The van der Waals surface area contributed by atoms with Crippen molar-refractivity contribution < 1.29 is 18.7 Å². The molecule has 2 aromatic carbocycles. The summed E-state index contributed by atoms with van der Waals surface area (Å²) in [5, 5.41) is 2.93. The van der Waals surface area contributed by atoms with Gasteiger partial charge in [-0.2, -0.15) is 0 Å². The van der Waals surface area contributed by atoms with Crippen LogP contribution in [-0.2, 0) is 9.53 Å². The number of rotatable bonds is 3. The Morgan fingerprint density at radius 1 is 1.07 bits per heavy atom. The maximum absolute atomic E-state index is 13.5. The fourth-order valence-corrected chi connectivity index (χ4v) is 3.75. The first-order chi connectivity index (χ1) is 14.1. The lowest BCUT2D eigenvalue weighted by Crippen LogP contribution is -2.51. The molecule has 2 aromatic rings. The van der Waals surface area contributed by atoms with Gasteiger partial charge in [-0.15, -0.1) is 0 Å². The van der Waals surface area contributed by atoms with Gasteiger partial charge in [0, 0.05) is 18.8 Å². The van der Waals surface area contributed by atoms with Crippen molar-refractivity contribution in [2.75, 3.05) is 31.2 Å². The first-order valence-electron chi connectivity index (χ1n) is 9.55. The summed E-state index contributed by atoms with van der Waals surface area (Å²) in [5.41, 5.74) is 2.36. The zero-order chi connectivity index (χ0) is 20.4. The van der Waals surface area contributed by atoms with Crippen LogP contribution in [0, 0.1) is 5.82 Å². The summed E-state index contributed by atoms with van der Waals surface area (Å²) in [5.74, 6) is -0.524. The van der Waals surface area contributed by atoms with Crippen LogP contribution < -0.4 is 10.2 Å². The van der Waals surface area contributed by atoms with Gasteiger partial charge in [-0.05, 0) is 36.8 Å². The minimum Gasteiger partial charge on any atom is -0.378 e. The van der Waals surface area contributed by atoms with Crippen LogP contribution in [0.4, 0.5) is 14.9 Å². The van der Waals surface area contributed by atoms with Gasteiger partial charge < -0.3 is 15.0 Å². The summed E-state index contributed by atoms with van der Waals surface area (Å²) in [6, 6.07) is 14.0. The lowest BCUT2D eigenvalue weighted by Gasteiger charge is -2.38. The lowest BCUT2D eigenvalue weighted by atomic mass is 9.93. The third-order valence-corrected chi connectivity index (χ3v) is 5.23. The number of anilines is 1. The van der Waals surface area contributed by atoms with E-state index in [4.69, 9.17) is 4.74 Å². The van der Waals surface area contributed by atoms with Crippen molar-refractivity contribution in [1.29, 1.82) is 0 Å². The summed E-state index contributed by atoms with van der Waals surface area (Å²) in [4.78, 5) is 29.7. The van der Waals surface area contributed by atoms with E-state index < -0.39 is 6.04 Å². The third-order valence-electron chi connectivity index (χ3n) is 5.23. The van der Waals surface area contributed by atoms with Crippen LogP contribution in [0.15, 0.2) is 65.9 Å². The van der Waals surface area contributed by atoms with E-state index in [0.29, 0.717) is 48.8 Å². The van der Waals surface area contributed by atoms with E-state index in [1.54, 1.807) is 24.0 Å². The van der Waals surface area contributed by atoms with E-state index in [1.165, 1.54) is 17.0 Å². The predicted octanol–water partition coefficient (Wildman–Crippen LogP) is 3.23. The molecule has 0 radical (unpaired) electrons. The molecule has 0 bridgehead atoms. The quantitative estimate of drug-likeness (QED) is 0.868. The monoisotopic (exact) mass is 395 g/mol. The number of morpholine rings is 1. The van der Waals surface area contributed by atoms with Gasteiger partial charge in [-0.25, -0.2) is 9.18 Å². The van der Waals surface area contributed by atoms with Crippen LogP contribution in [0.1, 0.15) is 18.5 Å². The number of nitrogens with one attached hydrogen (secondary N) is 1. The van der Waals surface area contributed by atoms with Crippen molar-refractivity contribution in [3.05, 3.63) is 77.2 Å². The highest BCUT2D eigenvalue weighted by Crippen LogP contribution is 2.34. The van der Waals surface area contributed by atoms with Crippen LogP contribution in [-0.4, -0.2) is 43.1 Å². The van der Waals surface area contributed by atoms with E-state index in [-0.39, 0.29) is 17.8 Å². The van der Waals surface area contributed by atoms with Gasteiger partial charge in [0.05, 0.1) is 30.5 Å². The molecule has 2 aliphatic rings. The Balaban J connectivity index is 1.80. The average molecular weight is 395 g/mol. The summed E-state index contributed by atoms with van der Waals surface area (Å²) in [7, 11) is 0. The summed E-state index contributed by atoms with van der Waals surface area (Å²) >= 11 is 0. The number of hydrogen-bond acceptors (Lipinski definition) is 3. The molecule has 1 unspecified atom stereocenters. The molecule has 6 nitrogen and oxygen atoms in total. The Kier molecular flexibility index (Phi) is 5.31. The van der Waals surface area contributed by atoms with Crippen molar-refractivity contribution in [2.45, 2.75) is 13.0 Å². The summed E-state index contributed by atoms with van der Waals surface area (Å²) < 4.78 is 18.8. The van der Waals surface area contributed by atoms with Crippen LogP contribution >= 0.6 is 0 Å². The fourth-order valence-electron chi connectivity index (χ4n) is 3.75. The van der Waals surface area contributed by atoms with E-state index in [0.717, 1.165) is 0 Å². The molecule has 0 aromatic heterocycles. The van der Waals surface area contributed by atoms with Gasteiger partial charge in [-0.3, -0.25) is 9.69 Å². The number of carbonyl (C=O) groups excluding carboxylic acids is 2. The fraction of sp³-hybridized carbons (Fsp3) is 0.273. The topological polar surface area (TPSA) is 61.9 Å². The first kappa shape index (κ1) is 19.1. The van der Waals surface area contributed by atoms with Crippen molar-refractivity contribution in [3.63, 3.8) is 0 Å². The number of nitrogens with zero attached hydrogens (tertiary/aromatic N) is 2. The molecule has 1 fully saturated rings. The lowest BCUT2D eigenvalue weighted by molar-refractivity contribution is -0.131. The van der Waals surface area contributed by atoms with E-state index in [1.807, 2.05) is 30.3 Å². The molecule has 2 aliphatic heterocycles. The molecule has 0 aliphatic carbocycles. The Labute approximate surface area is 168 Å². The van der Waals surface area contributed by atoms with Crippen molar-refractivity contribution >= 4 is 17.6 Å².